The minimum atomic E-state index is -0.665. The number of carbonyl (C=O) groups is 1. The molecule has 0 aromatic heterocycles. The van der Waals surface area contributed by atoms with E-state index in [0.29, 0.717) is 0 Å². The molecular weight excluding hydrogens is 182 g/mol. The van der Waals surface area contributed by atoms with Crippen LogP contribution in [0.25, 0.3) is 0 Å². The molecule has 0 radical (unpaired) electrons. The molecule has 0 bridgehead atoms. The molecule has 1 aliphatic carbocycles. The molecule has 0 aromatic carbocycles. The minimum Gasteiger partial charge on any atom is -0.468 e. The Bertz CT molecular complexity index is 208. The molecule has 1 aliphatic rings. The average Bonchev–Trinajstić information content (AvgIpc) is 2.27. The second-order valence-electron chi connectivity index (χ2n) is 3.84. The van der Waals surface area contributed by atoms with Crippen molar-refractivity contribution in [1.29, 1.82) is 0 Å². The van der Waals surface area contributed by atoms with Gasteiger partial charge < -0.3 is 15.2 Å². The summed E-state index contributed by atoms with van der Waals surface area (Å²) in [5, 5.41) is 12.3. The van der Waals surface area contributed by atoms with E-state index in [4.69, 9.17) is 4.74 Å². The number of aliphatic hydroxyl groups excluding tert-OH is 1. The van der Waals surface area contributed by atoms with Crippen molar-refractivity contribution in [2.45, 2.75) is 31.2 Å². The molecule has 0 aromatic rings. The minimum absolute atomic E-state index is 0.0197. The van der Waals surface area contributed by atoms with Gasteiger partial charge >= 0.3 is 5.97 Å². The topological polar surface area (TPSA) is 58.6 Å². The zero-order valence-corrected chi connectivity index (χ0v) is 8.88. The molecule has 2 atom stereocenters. The van der Waals surface area contributed by atoms with Crippen LogP contribution in [0.5, 0.6) is 0 Å². The highest BCUT2D eigenvalue weighted by Crippen LogP contribution is 2.34. The number of carbonyl (C=O) groups excluding carboxylic acids is 1. The molecule has 1 rings (SSSR count). The van der Waals surface area contributed by atoms with Crippen molar-refractivity contribution >= 4 is 5.97 Å². The van der Waals surface area contributed by atoms with Gasteiger partial charge in [0.2, 0.25) is 0 Å². The molecule has 2 unspecified atom stereocenters. The molecule has 0 heterocycles. The van der Waals surface area contributed by atoms with Crippen LogP contribution in [0.1, 0.15) is 25.7 Å². The first kappa shape index (κ1) is 11.5. The standard InChI is InChI=1S/C10H19NO3/c1-11-10(9(13)14-2)6-4-3-5-8(10)7-12/h8,11-12H,3-7H2,1-2H3. The molecule has 4 heteroatoms. The lowest BCUT2D eigenvalue weighted by Crippen LogP contribution is -2.59. The summed E-state index contributed by atoms with van der Waals surface area (Å²) in [6.45, 7) is 0.0376. The first-order chi connectivity index (χ1) is 6.71. The van der Waals surface area contributed by atoms with Gasteiger partial charge in [-0.15, -0.1) is 0 Å². The second-order valence-corrected chi connectivity index (χ2v) is 3.84. The van der Waals surface area contributed by atoms with Crippen LogP contribution < -0.4 is 5.32 Å². The van der Waals surface area contributed by atoms with Crippen molar-refractivity contribution in [3.05, 3.63) is 0 Å². The number of methoxy groups -OCH3 is 1. The van der Waals surface area contributed by atoms with Gasteiger partial charge in [-0.2, -0.15) is 0 Å². The summed E-state index contributed by atoms with van der Waals surface area (Å²) in [5.41, 5.74) is -0.665. The molecule has 82 valence electrons. The van der Waals surface area contributed by atoms with Crippen molar-refractivity contribution in [2.75, 3.05) is 20.8 Å². The fraction of sp³-hybridized carbons (Fsp3) is 0.900. The van der Waals surface area contributed by atoms with Crippen molar-refractivity contribution < 1.29 is 14.6 Å². The fourth-order valence-electron chi connectivity index (χ4n) is 2.37. The molecular formula is C10H19NO3. The van der Waals surface area contributed by atoms with Gasteiger partial charge in [-0.25, -0.2) is 0 Å². The summed E-state index contributed by atoms with van der Waals surface area (Å²) >= 11 is 0. The molecule has 4 nitrogen and oxygen atoms in total. The summed E-state index contributed by atoms with van der Waals surface area (Å²) in [6.07, 6.45) is 3.71. The second kappa shape index (κ2) is 4.75. The monoisotopic (exact) mass is 201 g/mol. The third kappa shape index (κ3) is 1.77. The Balaban J connectivity index is 2.86. The van der Waals surface area contributed by atoms with Crippen LogP contribution >= 0.6 is 0 Å². The summed E-state index contributed by atoms with van der Waals surface area (Å²) < 4.78 is 4.80. The fourth-order valence-corrected chi connectivity index (χ4v) is 2.37. The Hall–Kier alpha value is -0.610. The highest BCUT2D eigenvalue weighted by Gasteiger charge is 2.46. The first-order valence-corrected chi connectivity index (χ1v) is 5.09. The van der Waals surface area contributed by atoms with E-state index >= 15 is 0 Å². The third-order valence-corrected chi connectivity index (χ3v) is 3.29. The van der Waals surface area contributed by atoms with E-state index in [2.05, 4.69) is 5.32 Å². The third-order valence-electron chi connectivity index (χ3n) is 3.29. The summed E-state index contributed by atoms with van der Waals surface area (Å²) in [5.74, 6) is -0.271. The van der Waals surface area contributed by atoms with E-state index in [1.807, 2.05) is 0 Å². The van der Waals surface area contributed by atoms with Gasteiger partial charge in [-0.05, 0) is 19.9 Å². The number of rotatable bonds is 3. The number of hydrogen-bond donors (Lipinski definition) is 2. The smallest absolute Gasteiger partial charge is 0.326 e. The van der Waals surface area contributed by atoms with Crippen molar-refractivity contribution in [1.82, 2.24) is 5.32 Å². The SMILES string of the molecule is CNC1(C(=O)OC)CCCCC1CO. The van der Waals surface area contributed by atoms with Crippen molar-refractivity contribution in [3.8, 4) is 0 Å². The van der Waals surface area contributed by atoms with Gasteiger partial charge in [0.05, 0.1) is 7.11 Å². The zero-order valence-electron chi connectivity index (χ0n) is 8.88. The van der Waals surface area contributed by atoms with Crippen LogP contribution in [0.15, 0.2) is 0 Å². The molecule has 2 N–H and O–H groups in total. The van der Waals surface area contributed by atoms with Crippen molar-refractivity contribution in [3.63, 3.8) is 0 Å². The van der Waals surface area contributed by atoms with E-state index in [1.165, 1.54) is 7.11 Å². The predicted molar refractivity (Wildman–Crippen MR) is 52.9 cm³/mol. The maximum absolute atomic E-state index is 11.7. The Morgan fingerprint density at radius 1 is 1.64 bits per heavy atom. The normalized spacial score (nSPS) is 32.6. The molecule has 0 aliphatic heterocycles. The Kier molecular flexibility index (Phi) is 3.89. The van der Waals surface area contributed by atoms with E-state index < -0.39 is 5.54 Å². The van der Waals surface area contributed by atoms with Gasteiger partial charge in [0.1, 0.15) is 5.54 Å². The molecule has 0 saturated heterocycles. The number of likely N-dealkylation sites (N-methyl/N-ethyl adjacent to an activating group) is 1. The lowest BCUT2D eigenvalue weighted by atomic mass is 9.73. The van der Waals surface area contributed by atoms with Crippen LogP contribution in [0, 0.1) is 5.92 Å². The highest BCUT2D eigenvalue weighted by molar-refractivity contribution is 5.81. The van der Waals surface area contributed by atoms with E-state index in [9.17, 15) is 9.90 Å². The van der Waals surface area contributed by atoms with Crippen LogP contribution in [0.2, 0.25) is 0 Å². The van der Waals surface area contributed by atoms with Gasteiger partial charge in [0.25, 0.3) is 0 Å². The highest BCUT2D eigenvalue weighted by atomic mass is 16.5. The quantitative estimate of drug-likeness (QED) is 0.645. The number of aliphatic hydroxyl groups is 1. The maximum Gasteiger partial charge on any atom is 0.326 e. The Morgan fingerprint density at radius 2 is 2.36 bits per heavy atom. The van der Waals surface area contributed by atoms with Gasteiger partial charge in [0.15, 0.2) is 0 Å². The number of ether oxygens (including phenoxy) is 1. The predicted octanol–water partition coefficient (Wildman–Crippen LogP) is 0.300. The van der Waals surface area contributed by atoms with Gasteiger partial charge in [-0.1, -0.05) is 12.8 Å². The van der Waals surface area contributed by atoms with E-state index in [0.717, 1.165) is 25.7 Å². The van der Waals surface area contributed by atoms with E-state index in [-0.39, 0.29) is 18.5 Å². The number of hydrogen-bond acceptors (Lipinski definition) is 4. The van der Waals surface area contributed by atoms with Crippen LogP contribution in [0.4, 0.5) is 0 Å². The average molecular weight is 201 g/mol. The molecule has 1 fully saturated rings. The maximum atomic E-state index is 11.7. The summed E-state index contributed by atoms with van der Waals surface area (Å²) in [7, 11) is 3.15. The lowest BCUT2D eigenvalue weighted by molar-refractivity contribution is -0.153. The van der Waals surface area contributed by atoms with Crippen molar-refractivity contribution in [2.24, 2.45) is 5.92 Å². The van der Waals surface area contributed by atoms with Gasteiger partial charge in [-0.3, -0.25) is 4.79 Å². The summed E-state index contributed by atoms with van der Waals surface area (Å²) in [4.78, 5) is 11.7. The Labute approximate surface area is 84.6 Å². The van der Waals surface area contributed by atoms with Crippen LogP contribution in [-0.4, -0.2) is 37.4 Å². The van der Waals surface area contributed by atoms with Crippen LogP contribution in [0.3, 0.4) is 0 Å². The van der Waals surface area contributed by atoms with E-state index in [1.54, 1.807) is 7.05 Å². The lowest BCUT2D eigenvalue weighted by Gasteiger charge is -2.40. The number of esters is 1. The molecule has 0 amide bonds. The Morgan fingerprint density at radius 3 is 2.86 bits per heavy atom. The van der Waals surface area contributed by atoms with Gasteiger partial charge in [0, 0.05) is 12.5 Å². The van der Waals surface area contributed by atoms with Crippen LogP contribution in [-0.2, 0) is 9.53 Å². The molecule has 14 heavy (non-hydrogen) atoms. The zero-order chi connectivity index (χ0) is 10.6. The first-order valence-electron chi connectivity index (χ1n) is 5.09. The molecule has 1 saturated carbocycles. The largest absolute Gasteiger partial charge is 0.468 e. The number of nitrogens with one attached hydrogen (secondary N) is 1. The molecule has 0 spiro atoms. The summed E-state index contributed by atoms with van der Waals surface area (Å²) in [6, 6.07) is 0.